The molecule has 150 valence electrons. The highest BCUT2D eigenvalue weighted by Gasteiger charge is 2.44. The second kappa shape index (κ2) is 7.46. The van der Waals surface area contributed by atoms with E-state index in [1.807, 2.05) is 35.8 Å². The third kappa shape index (κ3) is 3.16. The number of nitrogens with one attached hydrogen (secondary N) is 1. The summed E-state index contributed by atoms with van der Waals surface area (Å²) < 4.78 is 12.5. The molecule has 2 atom stereocenters. The molecule has 1 aliphatic heterocycles. The van der Waals surface area contributed by atoms with E-state index >= 15 is 0 Å². The van der Waals surface area contributed by atoms with Crippen LogP contribution in [0.3, 0.4) is 0 Å². The predicted octanol–water partition coefficient (Wildman–Crippen LogP) is 2.86. The molecule has 3 aromatic rings. The monoisotopic (exact) mass is 395 g/mol. The fourth-order valence-electron chi connectivity index (χ4n) is 3.69. The van der Waals surface area contributed by atoms with E-state index in [1.54, 1.807) is 19.1 Å². The van der Waals surface area contributed by atoms with Gasteiger partial charge in [-0.25, -0.2) is 4.98 Å². The van der Waals surface area contributed by atoms with Crippen LogP contribution in [0.5, 0.6) is 11.5 Å². The van der Waals surface area contributed by atoms with Gasteiger partial charge in [-0.1, -0.05) is 18.2 Å². The van der Waals surface area contributed by atoms with Gasteiger partial charge in [0.15, 0.2) is 17.4 Å². The zero-order valence-electron chi connectivity index (χ0n) is 16.1. The van der Waals surface area contributed by atoms with Crippen molar-refractivity contribution >= 4 is 28.9 Å². The fraction of sp³-hybridized carbons (Fsp3) is 0.286. The number of anilines is 1. The molecule has 4 rings (SSSR count). The number of phenols is 1. The first kappa shape index (κ1) is 18.8. The molecular formula is C21H21N3O5. The lowest BCUT2D eigenvalue weighted by molar-refractivity contribution is -0.152. The van der Waals surface area contributed by atoms with Crippen molar-refractivity contribution in [1.29, 1.82) is 0 Å². The molecule has 0 unspecified atom stereocenters. The van der Waals surface area contributed by atoms with E-state index in [4.69, 9.17) is 9.47 Å². The largest absolute Gasteiger partial charge is 0.504 e. The van der Waals surface area contributed by atoms with Crippen molar-refractivity contribution < 1.29 is 24.2 Å². The lowest BCUT2D eigenvalue weighted by Gasteiger charge is -2.32. The van der Waals surface area contributed by atoms with Crippen LogP contribution in [0.15, 0.2) is 42.5 Å². The Morgan fingerprint density at radius 2 is 2.00 bits per heavy atom. The molecule has 0 aliphatic carbocycles. The highest BCUT2D eigenvalue weighted by atomic mass is 16.5. The van der Waals surface area contributed by atoms with Crippen LogP contribution in [-0.2, 0) is 14.3 Å². The number of ether oxygens (including phenoxy) is 2. The van der Waals surface area contributed by atoms with Gasteiger partial charge in [0.05, 0.1) is 30.3 Å². The summed E-state index contributed by atoms with van der Waals surface area (Å²) in [6.07, 6.45) is 0. The zero-order valence-corrected chi connectivity index (χ0v) is 16.1. The van der Waals surface area contributed by atoms with Crippen molar-refractivity contribution in [2.75, 3.05) is 18.5 Å². The normalized spacial score (nSPS) is 18.2. The molecule has 2 N–H and O–H groups in total. The number of carbonyl (C=O) groups excluding carboxylic acids is 2. The Labute approximate surface area is 167 Å². The van der Waals surface area contributed by atoms with Gasteiger partial charge in [0.2, 0.25) is 11.9 Å². The average molecular weight is 395 g/mol. The van der Waals surface area contributed by atoms with E-state index in [1.165, 1.54) is 6.07 Å². The van der Waals surface area contributed by atoms with Gasteiger partial charge in [0, 0.05) is 0 Å². The number of hydrogen-bond acceptors (Lipinski definition) is 6. The molecule has 8 nitrogen and oxygen atoms in total. The third-order valence-electron chi connectivity index (χ3n) is 4.87. The van der Waals surface area contributed by atoms with Crippen molar-refractivity contribution in [3.8, 4) is 11.5 Å². The van der Waals surface area contributed by atoms with Crippen LogP contribution in [0.1, 0.15) is 25.5 Å². The fourth-order valence-corrected chi connectivity index (χ4v) is 3.69. The van der Waals surface area contributed by atoms with Crippen LogP contribution < -0.4 is 10.1 Å². The first-order valence-corrected chi connectivity index (χ1v) is 9.45. The molecule has 29 heavy (non-hydrogen) atoms. The van der Waals surface area contributed by atoms with Crippen LogP contribution in [0, 0.1) is 5.92 Å². The number of imidazole rings is 1. The molecular weight excluding hydrogens is 374 g/mol. The van der Waals surface area contributed by atoms with E-state index in [2.05, 4.69) is 10.3 Å². The molecule has 1 aromatic heterocycles. The van der Waals surface area contributed by atoms with Crippen molar-refractivity contribution in [1.82, 2.24) is 9.55 Å². The summed E-state index contributed by atoms with van der Waals surface area (Å²) in [7, 11) is 0. The van der Waals surface area contributed by atoms with E-state index in [0.29, 0.717) is 23.6 Å². The maximum absolute atomic E-state index is 12.9. The average Bonchev–Trinajstić information content (AvgIpc) is 3.06. The minimum atomic E-state index is -1.11. The van der Waals surface area contributed by atoms with E-state index in [0.717, 1.165) is 5.52 Å². The van der Waals surface area contributed by atoms with E-state index < -0.39 is 23.8 Å². The Hall–Kier alpha value is -3.55. The Morgan fingerprint density at radius 1 is 1.21 bits per heavy atom. The van der Waals surface area contributed by atoms with Crippen LogP contribution in [0.4, 0.5) is 5.95 Å². The Morgan fingerprint density at radius 3 is 2.76 bits per heavy atom. The number of benzene rings is 2. The summed E-state index contributed by atoms with van der Waals surface area (Å²) in [5.41, 5.74) is 2.09. The van der Waals surface area contributed by atoms with Crippen molar-refractivity contribution in [2.24, 2.45) is 5.92 Å². The molecule has 8 heteroatoms. The lowest BCUT2D eigenvalue weighted by Crippen LogP contribution is -2.43. The summed E-state index contributed by atoms with van der Waals surface area (Å²) in [6, 6.07) is 11.5. The summed E-state index contributed by atoms with van der Waals surface area (Å²) >= 11 is 0. The van der Waals surface area contributed by atoms with Gasteiger partial charge < -0.3 is 19.1 Å². The van der Waals surface area contributed by atoms with Gasteiger partial charge in [0.25, 0.3) is 0 Å². The summed E-state index contributed by atoms with van der Waals surface area (Å²) in [6.45, 7) is 4.03. The minimum absolute atomic E-state index is 0.0146. The third-order valence-corrected chi connectivity index (χ3v) is 4.87. The molecule has 0 radical (unpaired) electrons. The zero-order chi connectivity index (χ0) is 20.5. The Kier molecular flexibility index (Phi) is 4.84. The molecule has 2 aromatic carbocycles. The minimum Gasteiger partial charge on any atom is -0.504 e. The lowest BCUT2D eigenvalue weighted by atomic mass is 9.90. The maximum Gasteiger partial charge on any atom is 0.321 e. The molecule has 2 heterocycles. The highest BCUT2D eigenvalue weighted by Crippen LogP contribution is 2.41. The van der Waals surface area contributed by atoms with Gasteiger partial charge in [0.1, 0.15) is 0 Å². The SMILES string of the molecule is CCOC(=O)[C@@H]1C(=O)Nc2nc3ccccc3n2[C@@H]1c1ccc(O)c(OCC)c1. The van der Waals surface area contributed by atoms with E-state index in [-0.39, 0.29) is 18.1 Å². The molecule has 0 saturated carbocycles. The number of fused-ring (bicyclic) bond motifs is 3. The number of amides is 1. The number of aromatic hydroxyl groups is 1. The number of phenolic OH excluding ortho intramolecular Hbond substituents is 1. The Balaban J connectivity index is 1.94. The molecule has 0 spiro atoms. The van der Waals surface area contributed by atoms with Crippen LogP contribution in [0.25, 0.3) is 11.0 Å². The van der Waals surface area contributed by atoms with Crippen molar-refractivity contribution in [2.45, 2.75) is 19.9 Å². The molecule has 0 saturated heterocycles. The molecule has 0 fully saturated rings. The molecule has 1 amide bonds. The van der Waals surface area contributed by atoms with Crippen molar-refractivity contribution in [3.63, 3.8) is 0 Å². The maximum atomic E-state index is 12.9. The quantitative estimate of drug-likeness (QED) is 0.509. The van der Waals surface area contributed by atoms with Gasteiger partial charge in [-0.05, 0) is 43.7 Å². The van der Waals surface area contributed by atoms with Crippen LogP contribution >= 0.6 is 0 Å². The number of esters is 1. The molecule has 1 aliphatic rings. The van der Waals surface area contributed by atoms with Gasteiger partial charge in [-0.3, -0.25) is 14.9 Å². The first-order valence-electron chi connectivity index (χ1n) is 9.45. The van der Waals surface area contributed by atoms with Gasteiger partial charge in [-0.2, -0.15) is 0 Å². The Bertz CT molecular complexity index is 1090. The first-order chi connectivity index (χ1) is 14.0. The van der Waals surface area contributed by atoms with Gasteiger partial charge >= 0.3 is 5.97 Å². The van der Waals surface area contributed by atoms with Crippen LogP contribution in [-0.4, -0.2) is 39.7 Å². The summed E-state index contributed by atoms with van der Waals surface area (Å²) in [5, 5.41) is 12.8. The van der Waals surface area contributed by atoms with Crippen LogP contribution in [0.2, 0.25) is 0 Å². The topological polar surface area (TPSA) is 103 Å². The molecule has 0 bridgehead atoms. The number of nitrogens with zero attached hydrogens (tertiary/aromatic N) is 2. The highest BCUT2D eigenvalue weighted by molar-refractivity contribution is 6.07. The van der Waals surface area contributed by atoms with Crippen molar-refractivity contribution in [3.05, 3.63) is 48.0 Å². The number of aromatic nitrogens is 2. The number of rotatable bonds is 5. The predicted molar refractivity (Wildman–Crippen MR) is 106 cm³/mol. The van der Waals surface area contributed by atoms with E-state index in [9.17, 15) is 14.7 Å². The standard InChI is InChI=1S/C21H21N3O5/c1-3-28-16-11-12(9-10-15(16)25)18-17(20(27)29-4-2)19(26)23-21-22-13-7-5-6-8-14(13)24(18)21/h5-11,17-18,25H,3-4H2,1-2H3,(H,22,23,26)/t17-,18+/m0/s1. The second-order valence-corrected chi connectivity index (χ2v) is 6.62. The summed E-state index contributed by atoms with van der Waals surface area (Å²) in [5.74, 6) is -1.59. The summed E-state index contributed by atoms with van der Waals surface area (Å²) in [4.78, 5) is 30.1. The second-order valence-electron chi connectivity index (χ2n) is 6.62. The van der Waals surface area contributed by atoms with Gasteiger partial charge in [-0.15, -0.1) is 0 Å². The number of hydrogen-bond donors (Lipinski definition) is 2. The number of carbonyl (C=O) groups is 2. The number of para-hydroxylation sites is 2. The smallest absolute Gasteiger partial charge is 0.321 e.